The molecule has 1 N–H and O–H groups in total. The number of nitrogens with zero attached hydrogens (tertiary/aromatic N) is 2. The maximum Gasteiger partial charge on any atom is 0.307 e. The predicted molar refractivity (Wildman–Crippen MR) is 84.3 cm³/mol. The lowest BCUT2D eigenvalue weighted by Crippen LogP contribution is -2.45. The maximum atomic E-state index is 13.2. The second kappa shape index (κ2) is 8.06. The molecule has 1 heterocycles. The molecule has 1 aromatic rings. The van der Waals surface area contributed by atoms with E-state index in [-0.39, 0.29) is 18.3 Å². The number of carbonyl (C=O) groups is 2. The predicted octanol–water partition coefficient (Wildman–Crippen LogP) is 1.97. The van der Waals surface area contributed by atoms with Crippen LogP contribution < -0.4 is 0 Å². The minimum Gasteiger partial charge on any atom is -0.481 e. The van der Waals surface area contributed by atoms with Crippen LogP contribution in [0, 0.1) is 11.7 Å². The van der Waals surface area contributed by atoms with Gasteiger partial charge in [0.15, 0.2) is 0 Å². The van der Waals surface area contributed by atoms with Crippen LogP contribution in [-0.4, -0.2) is 53.0 Å². The minimum absolute atomic E-state index is 0.0530. The van der Waals surface area contributed by atoms with Crippen molar-refractivity contribution in [1.82, 2.24) is 9.80 Å². The van der Waals surface area contributed by atoms with Gasteiger partial charge in [0.2, 0.25) is 5.91 Å². The second-order valence-corrected chi connectivity index (χ2v) is 5.95. The molecule has 23 heavy (non-hydrogen) atoms. The number of aliphatic carboxylic acids is 1. The Labute approximate surface area is 135 Å². The zero-order valence-electron chi connectivity index (χ0n) is 13.4. The van der Waals surface area contributed by atoms with Crippen LogP contribution in [0.3, 0.4) is 0 Å². The summed E-state index contributed by atoms with van der Waals surface area (Å²) in [5.74, 6) is -1.56. The van der Waals surface area contributed by atoms with E-state index in [1.807, 2.05) is 11.8 Å². The van der Waals surface area contributed by atoms with Gasteiger partial charge in [-0.25, -0.2) is 4.39 Å². The van der Waals surface area contributed by atoms with Gasteiger partial charge in [0.25, 0.3) is 0 Å². The summed E-state index contributed by atoms with van der Waals surface area (Å²) in [6.45, 7) is 4.15. The second-order valence-electron chi connectivity index (χ2n) is 5.95. The minimum atomic E-state index is -0.797. The van der Waals surface area contributed by atoms with E-state index in [4.69, 9.17) is 5.11 Å². The fourth-order valence-corrected chi connectivity index (χ4v) is 2.92. The fourth-order valence-electron chi connectivity index (χ4n) is 2.92. The van der Waals surface area contributed by atoms with E-state index in [9.17, 15) is 14.0 Å². The van der Waals surface area contributed by atoms with Crippen molar-refractivity contribution in [3.05, 3.63) is 35.6 Å². The smallest absolute Gasteiger partial charge is 0.307 e. The molecule has 1 fully saturated rings. The molecule has 126 valence electrons. The summed E-state index contributed by atoms with van der Waals surface area (Å²) in [5.41, 5.74) is 0.752. The van der Waals surface area contributed by atoms with Crippen LogP contribution in [0.1, 0.15) is 25.3 Å². The van der Waals surface area contributed by atoms with Crippen LogP contribution in [-0.2, 0) is 16.1 Å². The lowest BCUT2D eigenvalue weighted by molar-refractivity contribution is -0.145. The van der Waals surface area contributed by atoms with Crippen molar-refractivity contribution in [2.45, 2.75) is 26.3 Å². The first kappa shape index (κ1) is 17.4. The van der Waals surface area contributed by atoms with Gasteiger partial charge >= 0.3 is 5.97 Å². The highest BCUT2D eigenvalue weighted by molar-refractivity contribution is 5.78. The highest BCUT2D eigenvalue weighted by Gasteiger charge is 2.27. The monoisotopic (exact) mass is 322 g/mol. The van der Waals surface area contributed by atoms with Gasteiger partial charge in [0, 0.05) is 19.6 Å². The van der Waals surface area contributed by atoms with Gasteiger partial charge < -0.3 is 10.0 Å². The molecule has 0 aliphatic carbocycles. The molecule has 1 amide bonds. The van der Waals surface area contributed by atoms with Crippen LogP contribution in [0.4, 0.5) is 4.39 Å². The molecule has 1 atom stereocenters. The summed E-state index contributed by atoms with van der Waals surface area (Å²) >= 11 is 0. The molecule has 5 nitrogen and oxygen atoms in total. The number of benzene rings is 1. The van der Waals surface area contributed by atoms with Crippen molar-refractivity contribution in [2.24, 2.45) is 5.92 Å². The first-order chi connectivity index (χ1) is 11.0. The fraction of sp³-hybridized carbons (Fsp3) is 0.529. The number of hydrogen-bond donors (Lipinski definition) is 1. The SMILES string of the molecule is CCN(Cc1cccc(F)c1)C(=O)CN1CCCC(C(=O)O)C1. The van der Waals surface area contributed by atoms with E-state index in [1.54, 1.807) is 17.0 Å². The number of piperidine rings is 1. The number of halogens is 1. The molecule has 0 bridgehead atoms. The Morgan fingerprint density at radius 2 is 2.22 bits per heavy atom. The molecule has 0 radical (unpaired) electrons. The zero-order valence-corrected chi connectivity index (χ0v) is 13.4. The summed E-state index contributed by atoms with van der Waals surface area (Å²) in [5, 5.41) is 9.11. The summed E-state index contributed by atoms with van der Waals surface area (Å²) in [6.07, 6.45) is 1.46. The first-order valence-electron chi connectivity index (χ1n) is 7.97. The van der Waals surface area contributed by atoms with Crippen molar-refractivity contribution >= 4 is 11.9 Å². The number of rotatable bonds is 6. The van der Waals surface area contributed by atoms with E-state index >= 15 is 0 Å². The van der Waals surface area contributed by atoms with Crippen LogP contribution in [0.5, 0.6) is 0 Å². The molecule has 2 rings (SSSR count). The Bertz CT molecular complexity index is 565. The van der Waals surface area contributed by atoms with E-state index in [1.165, 1.54) is 12.1 Å². The highest BCUT2D eigenvalue weighted by atomic mass is 19.1. The van der Waals surface area contributed by atoms with Gasteiger partial charge in [0.05, 0.1) is 12.5 Å². The Morgan fingerprint density at radius 3 is 2.87 bits per heavy atom. The molecule has 1 aliphatic heterocycles. The normalized spacial score (nSPS) is 18.6. The first-order valence-corrected chi connectivity index (χ1v) is 7.97. The molecule has 1 unspecified atom stereocenters. The number of hydrogen-bond acceptors (Lipinski definition) is 3. The van der Waals surface area contributed by atoms with Gasteiger partial charge in [-0.05, 0) is 44.0 Å². The Hall–Kier alpha value is -1.95. The largest absolute Gasteiger partial charge is 0.481 e. The third kappa shape index (κ3) is 5.03. The van der Waals surface area contributed by atoms with Gasteiger partial charge in [-0.2, -0.15) is 0 Å². The van der Waals surface area contributed by atoms with Gasteiger partial charge in [-0.15, -0.1) is 0 Å². The summed E-state index contributed by atoms with van der Waals surface area (Å²) in [4.78, 5) is 27.1. The molecule has 1 saturated heterocycles. The third-order valence-electron chi connectivity index (χ3n) is 4.21. The lowest BCUT2D eigenvalue weighted by Gasteiger charge is -2.32. The van der Waals surface area contributed by atoms with Crippen LogP contribution in [0.15, 0.2) is 24.3 Å². The number of likely N-dealkylation sites (tertiary alicyclic amines) is 1. The molecule has 0 saturated carbocycles. The van der Waals surface area contributed by atoms with Crippen LogP contribution in [0.25, 0.3) is 0 Å². The summed E-state index contributed by atoms with van der Waals surface area (Å²) in [6, 6.07) is 6.23. The highest BCUT2D eigenvalue weighted by Crippen LogP contribution is 2.17. The number of likely N-dealkylation sites (N-methyl/N-ethyl adjacent to an activating group) is 1. The Kier molecular flexibility index (Phi) is 6.10. The molecule has 1 aliphatic rings. The molecular weight excluding hydrogens is 299 g/mol. The van der Waals surface area contributed by atoms with E-state index < -0.39 is 11.9 Å². The number of carboxylic acid groups (broad SMARTS) is 1. The standard InChI is InChI=1S/C17H23FN2O3/c1-2-20(10-13-5-3-7-15(18)9-13)16(21)12-19-8-4-6-14(11-19)17(22)23/h3,5,7,9,14H,2,4,6,8,10-12H2,1H3,(H,22,23). The van der Waals surface area contributed by atoms with Crippen LogP contribution >= 0.6 is 0 Å². The molecule has 1 aromatic carbocycles. The van der Waals surface area contributed by atoms with Crippen molar-refractivity contribution in [2.75, 3.05) is 26.2 Å². The molecule has 0 spiro atoms. The van der Waals surface area contributed by atoms with Crippen molar-refractivity contribution in [3.63, 3.8) is 0 Å². The van der Waals surface area contributed by atoms with Gasteiger partial charge in [0.1, 0.15) is 5.82 Å². The number of carboxylic acids is 1. The molecule has 0 aromatic heterocycles. The maximum absolute atomic E-state index is 13.2. The van der Waals surface area contributed by atoms with Crippen molar-refractivity contribution in [1.29, 1.82) is 0 Å². The van der Waals surface area contributed by atoms with Gasteiger partial charge in [-0.3, -0.25) is 14.5 Å². The average molecular weight is 322 g/mol. The summed E-state index contributed by atoms with van der Waals surface area (Å²) in [7, 11) is 0. The topological polar surface area (TPSA) is 60.9 Å². The molecule has 6 heteroatoms. The average Bonchev–Trinajstić information content (AvgIpc) is 2.52. The third-order valence-corrected chi connectivity index (χ3v) is 4.21. The Morgan fingerprint density at radius 1 is 1.43 bits per heavy atom. The van der Waals surface area contributed by atoms with E-state index in [0.717, 1.165) is 18.5 Å². The van der Waals surface area contributed by atoms with Gasteiger partial charge in [-0.1, -0.05) is 12.1 Å². The molecular formula is C17H23FN2O3. The number of amides is 1. The van der Waals surface area contributed by atoms with Crippen molar-refractivity contribution < 1.29 is 19.1 Å². The Balaban J connectivity index is 1.93. The zero-order chi connectivity index (χ0) is 16.8. The van der Waals surface area contributed by atoms with Crippen molar-refractivity contribution in [3.8, 4) is 0 Å². The quantitative estimate of drug-likeness (QED) is 0.870. The van der Waals surface area contributed by atoms with E-state index in [0.29, 0.717) is 26.1 Å². The van der Waals surface area contributed by atoms with E-state index in [2.05, 4.69) is 0 Å². The van der Waals surface area contributed by atoms with Crippen LogP contribution in [0.2, 0.25) is 0 Å². The lowest BCUT2D eigenvalue weighted by atomic mass is 9.98. The number of carbonyl (C=O) groups excluding carboxylic acids is 1. The summed E-state index contributed by atoms with van der Waals surface area (Å²) < 4.78 is 13.2.